The minimum absolute atomic E-state index is 0.0457. The Kier molecular flexibility index (Phi) is 2.49. The number of nitro groups is 1. The number of thiocarbonyl (C=S) groups is 1. The van der Waals surface area contributed by atoms with Crippen molar-refractivity contribution in [1.29, 1.82) is 0 Å². The highest BCUT2D eigenvalue weighted by atomic mass is 32.1. The minimum atomic E-state index is -0.474. The quantitative estimate of drug-likeness (QED) is 0.485. The fraction of sp³-hybridized carbons (Fsp3) is 0. The molecule has 0 radical (unpaired) electrons. The van der Waals surface area contributed by atoms with Gasteiger partial charge in [-0.15, -0.1) is 0 Å². The second-order valence-electron chi connectivity index (χ2n) is 3.17. The molecule has 2 rings (SSSR count). The zero-order chi connectivity index (χ0) is 11.7. The van der Waals surface area contributed by atoms with Gasteiger partial charge in [-0.1, -0.05) is 30.4 Å². The maximum Gasteiger partial charge on any atom is 0.295 e. The summed E-state index contributed by atoms with van der Waals surface area (Å²) in [6.07, 6.45) is 0. The predicted molar refractivity (Wildman–Crippen MR) is 64.3 cm³/mol. The smallest absolute Gasteiger partial charge is 0.295 e. The average molecular weight is 233 g/mol. The molecule has 0 aliphatic rings. The summed E-state index contributed by atoms with van der Waals surface area (Å²) in [5, 5.41) is 11.5. The van der Waals surface area contributed by atoms with Crippen LogP contribution in [0.15, 0.2) is 30.3 Å². The Hall–Kier alpha value is -2.08. The Morgan fingerprint density at radius 1 is 1.38 bits per heavy atom. The van der Waals surface area contributed by atoms with Gasteiger partial charge in [0.15, 0.2) is 0 Å². The number of fused-ring (bicyclic) bond motifs is 1. The number of non-ortho nitro benzene ring substituents is 1. The van der Waals surface area contributed by atoms with Gasteiger partial charge in [-0.2, -0.15) is 0 Å². The van der Waals surface area contributed by atoms with Gasteiger partial charge in [0.2, 0.25) is 0 Å². The van der Waals surface area contributed by atoms with Gasteiger partial charge in [-0.25, -0.2) is 4.98 Å². The summed E-state index contributed by atoms with van der Waals surface area (Å²) in [4.78, 5) is 14.5. The molecule has 0 atom stereocenters. The van der Waals surface area contributed by atoms with Gasteiger partial charge in [-0.05, 0) is 6.07 Å². The van der Waals surface area contributed by atoms with Crippen LogP contribution in [-0.2, 0) is 0 Å². The maximum absolute atomic E-state index is 10.8. The summed E-state index contributed by atoms with van der Waals surface area (Å²) < 4.78 is 0. The molecule has 16 heavy (non-hydrogen) atoms. The van der Waals surface area contributed by atoms with Crippen LogP contribution in [0.2, 0.25) is 0 Å². The van der Waals surface area contributed by atoms with Crippen LogP contribution in [0.4, 0.5) is 5.69 Å². The van der Waals surface area contributed by atoms with E-state index in [4.69, 9.17) is 18.0 Å². The van der Waals surface area contributed by atoms with Crippen LogP contribution < -0.4 is 5.73 Å². The van der Waals surface area contributed by atoms with Crippen molar-refractivity contribution < 1.29 is 4.92 Å². The topological polar surface area (TPSA) is 82.0 Å². The van der Waals surface area contributed by atoms with Crippen molar-refractivity contribution in [2.75, 3.05) is 0 Å². The molecular formula is C10H7N3O2S. The van der Waals surface area contributed by atoms with Crippen LogP contribution in [0.3, 0.4) is 0 Å². The van der Waals surface area contributed by atoms with E-state index in [9.17, 15) is 10.1 Å². The molecular weight excluding hydrogens is 226 g/mol. The van der Waals surface area contributed by atoms with Crippen LogP contribution in [0, 0.1) is 10.1 Å². The normalized spacial score (nSPS) is 10.2. The summed E-state index contributed by atoms with van der Waals surface area (Å²) in [6, 6.07) is 8.12. The second kappa shape index (κ2) is 3.82. The standard InChI is InChI=1S/C10H7N3O2S/c11-10(16)7-5-4-6-2-1-3-8(13(14)15)9(6)12-7/h1-5H,(H2,11,16). The van der Waals surface area contributed by atoms with Crippen molar-refractivity contribution in [3.05, 3.63) is 46.1 Å². The summed E-state index contributed by atoms with van der Waals surface area (Å²) >= 11 is 4.78. The summed E-state index contributed by atoms with van der Waals surface area (Å²) in [7, 11) is 0. The van der Waals surface area contributed by atoms with Crippen LogP contribution in [-0.4, -0.2) is 14.9 Å². The first-order valence-electron chi connectivity index (χ1n) is 4.43. The van der Waals surface area contributed by atoms with Gasteiger partial charge in [0.05, 0.1) is 10.6 Å². The lowest BCUT2D eigenvalue weighted by atomic mass is 10.2. The number of nitrogens with zero attached hydrogens (tertiary/aromatic N) is 2. The highest BCUT2D eigenvalue weighted by molar-refractivity contribution is 7.80. The van der Waals surface area contributed by atoms with Crippen molar-refractivity contribution >= 4 is 33.8 Å². The average Bonchev–Trinajstić information content (AvgIpc) is 2.27. The monoisotopic (exact) mass is 233 g/mol. The molecule has 0 saturated heterocycles. The molecule has 1 aromatic carbocycles. The van der Waals surface area contributed by atoms with Crippen molar-refractivity contribution in [2.24, 2.45) is 5.73 Å². The molecule has 0 saturated carbocycles. The van der Waals surface area contributed by atoms with E-state index >= 15 is 0 Å². The molecule has 0 amide bonds. The first kappa shape index (κ1) is 10.4. The number of aromatic nitrogens is 1. The zero-order valence-corrected chi connectivity index (χ0v) is 8.90. The Balaban J connectivity index is 2.78. The van der Waals surface area contributed by atoms with Crippen molar-refractivity contribution in [2.45, 2.75) is 0 Å². The molecule has 0 aliphatic carbocycles. The number of benzene rings is 1. The lowest BCUT2D eigenvalue weighted by molar-refractivity contribution is -0.383. The summed E-state index contributed by atoms with van der Waals surface area (Å²) in [6.45, 7) is 0. The van der Waals surface area contributed by atoms with Crippen LogP contribution in [0.25, 0.3) is 10.9 Å². The van der Waals surface area contributed by atoms with Crippen LogP contribution >= 0.6 is 12.2 Å². The molecule has 0 unspecified atom stereocenters. The molecule has 0 aliphatic heterocycles. The SMILES string of the molecule is NC(=S)c1ccc2cccc([N+](=O)[O-])c2n1. The van der Waals surface area contributed by atoms with E-state index in [1.54, 1.807) is 24.3 Å². The van der Waals surface area contributed by atoms with Gasteiger partial charge in [0.25, 0.3) is 5.69 Å². The third kappa shape index (κ3) is 1.70. The van der Waals surface area contributed by atoms with Crippen molar-refractivity contribution in [3.8, 4) is 0 Å². The van der Waals surface area contributed by atoms with Gasteiger partial charge < -0.3 is 5.73 Å². The zero-order valence-electron chi connectivity index (χ0n) is 8.08. The largest absolute Gasteiger partial charge is 0.388 e. The van der Waals surface area contributed by atoms with Crippen molar-refractivity contribution in [3.63, 3.8) is 0 Å². The molecule has 1 aromatic heterocycles. The van der Waals surface area contributed by atoms with E-state index in [-0.39, 0.29) is 10.7 Å². The van der Waals surface area contributed by atoms with E-state index < -0.39 is 4.92 Å². The molecule has 1 heterocycles. The summed E-state index contributed by atoms with van der Waals surface area (Å²) in [5.74, 6) is 0. The molecule has 80 valence electrons. The molecule has 2 aromatic rings. The van der Waals surface area contributed by atoms with E-state index in [0.717, 1.165) is 0 Å². The van der Waals surface area contributed by atoms with E-state index in [2.05, 4.69) is 4.98 Å². The van der Waals surface area contributed by atoms with E-state index in [1.807, 2.05) is 0 Å². The number of rotatable bonds is 2. The number of para-hydroxylation sites is 1. The lowest BCUT2D eigenvalue weighted by Crippen LogP contribution is -2.11. The van der Waals surface area contributed by atoms with Gasteiger partial charge in [-0.3, -0.25) is 10.1 Å². The Labute approximate surface area is 96.0 Å². The van der Waals surface area contributed by atoms with E-state index in [1.165, 1.54) is 6.07 Å². The fourth-order valence-corrected chi connectivity index (χ4v) is 1.53. The molecule has 0 fully saturated rings. The maximum atomic E-state index is 10.8. The minimum Gasteiger partial charge on any atom is -0.388 e. The summed E-state index contributed by atoms with van der Waals surface area (Å²) in [5.41, 5.74) is 6.07. The first-order chi connectivity index (χ1) is 7.59. The number of hydrogen-bond acceptors (Lipinski definition) is 4. The Morgan fingerprint density at radius 3 is 2.75 bits per heavy atom. The predicted octanol–water partition coefficient (Wildman–Crippen LogP) is 1.78. The van der Waals surface area contributed by atoms with Gasteiger partial charge in [0.1, 0.15) is 10.5 Å². The highest BCUT2D eigenvalue weighted by Crippen LogP contribution is 2.23. The molecule has 0 spiro atoms. The third-order valence-corrected chi connectivity index (χ3v) is 2.36. The van der Waals surface area contributed by atoms with Crippen LogP contribution in [0.5, 0.6) is 0 Å². The molecule has 0 bridgehead atoms. The van der Waals surface area contributed by atoms with Gasteiger partial charge in [0, 0.05) is 11.5 Å². The van der Waals surface area contributed by atoms with Crippen LogP contribution in [0.1, 0.15) is 5.69 Å². The number of nitrogens with two attached hydrogens (primary N) is 1. The number of pyridine rings is 1. The highest BCUT2D eigenvalue weighted by Gasteiger charge is 2.13. The second-order valence-corrected chi connectivity index (χ2v) is 3.61. The van der Waals surface area contributed by atoms with E-state index in [0.29, 0.717) is 16.6 Å². The lowest BCUT2D eigenvalue weighted by Gasteiger charge is -2.01. The number of hydrogen-bond donors (Lipinski definition) is 1. The Bertz CT molecular complexity index is 598. The van der Waals surface area contributed by atoms with Crippen molar-refractivity contribution in [1.82, 2.24) is 4.98 Å². The fourth-order valence-electron chi connectivity index (χ4n) is 1.42. The number of nitro benzene ring substituents is 1. The first-order valence-corrected chi connectivity index (χ1v) is 4.84. The Morgan fingerprint density at radius 2 is 2.12 bits per heavy atom. The molecule has 5 nitrogen and oxygen atoms in total. The van der Waals surface area contributed by atoms with Gasteiger partial charge >= 0.3 is 0 Å². The molecule has 2 N–H and O–H groups in total. The third-order valence-electron chi connectivity index (χ3n) is 2.15. The molecule has 6 heteroatoms.